The Morgan fingerprint density at radius 3 is 2.06 bits per heavy atom. The van der Waals surface area contributed by atoms with Gasteiger partial charge in [0.2, 0.25) is 5.91 Å². The average Bonchev–Trinajstić information content (AvgIpc) is 2.67. The van der Waals surface area contributed by atoms with Crippen molar-refractivity contribution in [1.29, 1.82) is 0 Å². The second kappa shape index (κ2) is 18.2. The number of ether oxygens (including phenoxy) is 1. The number of rotatable bonds is 14. The third-order valence-corrected chi connectivity index (χ3v) is 5.35. The van der Waals surface area contributed by atoms with Gasteiger partial charge in [-0.2, -0.15) is 11.8 Å². The standard InChI is InChI=1S/C25H42N2O5S.CH4/c1-18(2)10-8-11-19(3)12-9-13-20(4)14-15-33-17-21(23(29)30)27-22(28)16-26-24(31)32-25(5,6)7;/h10,12,14,21H,8-9,11,13,15-17H2,1-7H3,(H,26,31)(H,27,28)(H,29,30);1H4/b19-12+,20-14+;/t21-;/m0./s1. The number of hydrogen-bond acceptors (Lipinski definition) is 5. The molecule has 196 valence electrons. The van der Waals surface area contributed by atoms with Gasteiger partial charge in [-0.05, 0) is 74.1 Å². The van der Waals surface area contributed by atoms with E-state index in [2.05, 4.69) is 56.6 Å². The van der Waals surface area contributed by atoms with E-state index in [9.17, 15) is 19.5 Å². The highest BCUT2D eigenvalue weighted by Crippen LogP contribution is 2.13. The summed E-state index contributed by atoms with van der Waals surface area (Å²) in [5.74, 6) is -0.777. The van der Waals surface area contributed by atoms with E-state index in [1.165, 1.54) is 28.5 Å². The van der Waals surface area contributed by atoms with Crippen molar-refractivity contribution >= 4 is 29.7 Å². The molecule has 0 radical (unpaired) electrons. The molecule has 34 heavy (non-hydrogen) atoms. The van der Waals surface area contributed by atoms with E-state index in [1.807, 2.05) is 0 Å². The third kappa shape index (κ3) is 20.4. The molecule has 2 amide bonds. The molecule has 0 aromatic heterocycles. The van der Waals surface area contributed by atoms with Gasteiger partial charge in [0.1, 0.15) is 18.2 Å². The van der Waals surface area contributed by atoms with Gasteiger partial charge in [-0.3, -0.25) is 4.79 Å². The lowest BCUT2D eigenvalue weighted by molar-refractivity contribution is -0.140. The molecule has 0 unspecified atom stereocenters. The van der Waals surface area contributed by atoms with Crippen molar-refractivity contribution in [3.8, 4) is 0 Å². The molecule has 0 aliphatic rings. The molecule has 7 nitrogen and oxygen atoms in total. The van der Waals surface area contributed by atoms with Crippen LogP contribution in [0.15, 0.2) is 34.9 Å². The summed E-state index contributed by atoms with van der Waals surface area (Å²) in [6.45, 7) is 13.3. The molecule has 3 N–H and O–H groups in total. The fourth-order valence-corrected chi connectivity index (χ4v) is 3.61. The van der Waals surface area contributed by atoms with Gasteiger partial charge in [-0.15, -0.1) is 0 Å². The molecular formula is C26H46N2O5S. The van der Waals surface area contributed by atoms with Gasteiger partial charge >= 0.3 is 12.1 Å². The summed E-state index contributed by atoms with van der Waals surface area (Å²) in [6, 6.07) is -1.02. The normalized spacial score (nSPS) is 12.8. The number of aliphatic carboxylic acids is 1. The predicted molar refractivity (Wildman–Crippen MR) is 143 cm³/mol. The number of amides is 2. The van der Waals surface area contributed by atoms with E-state index in [1.54, 1.807) is 20.8 Å². The Morgan fingerprint density at radius 1 is 0.971 bits per heavy atom. The van der Waals surface area contributed by atoms with Crippen molar-refractivity contribution in [2.45, 2.75) is 93.2 Å². The molecular weight excluding hydrogens is 452 g/mol. The first-order valence-corrected chi connectivity index (χ1v) is 12.5. The van der Waals surface area contributed by atoms with Gasteiger partial charge in [0.05, 0.1) is 0 Å². The van der Waals surface area contributed by atoms with Gasteiger partial charge in [0.15, 0.2) is 0 Å². The SMILES string of the molecule is C.CC(C)=CCC/C(C)=C/CC/C(C)=C/CSC[C@H](NC(=O)CNC(=O)OC(C)(C)C)C(=O)O. The molecule has 0 aliphatic heterocycles. The lowest BCUT2D eigenvalue weighted by Crippen LogP contribution is -2.47. The van der Waals surface area contributed by atoms with Crippen LogP contribution in [0, 0.1) is 0 Å². The first-order chi connectivity index (χ1) is 15.3. The summed E-state index contributed by atoms with van der Waals surface area (Å²) >= 11 is 1.44. The Morgan fingerprint density at radius 2 is 1.53 bits per heavy atom. The third-order valence-electron chi connectivity index (χ3n) is 4.38. The Hall–Kier alpha value is -2.22. The minimum absolute atomic E-state index is 0. The van der Waals surface area contributed by atoms with Crippen molar-refractivity contribution in [3.05, 3.63) is 34.9 Å². The van der Waals surface area contributed by atoms with Crippen LogP contribution in [0.5, 0.6) is 0 Å². The molecule has 0 saturated heterocycles. The maximum atomic E-state index is 12.0. The highest BCUT2D eigenvalue weighted by atomic mass is 32.2. The molecule has 0 fully saturated rings. The monoisotopic (exact) mass is 498 g/mol. The number of carbonyl (C=O) groups is 3. The lowest BCUT2D eigenvalue weighted by atomic mass is 10.1. The summed E-state index contributed by atoms with van der Waals surface area (Å²) in [7, 11) is 0. The molecule has 1 atom stereocenters. The molecule has 0 aliphatic carbocycles. The van der Waals surface area contributed by atoms with Crippen LogP contribution in [0.1, 0.15) is 81.6 Å². The van der Waals surface area contributed by atoms with E-state index >= 15 is 0 Å². The Bertz CT molecular complexity index is 732. The second-order valence-corrected chi connectivity index (χ2v) is 10.4. The fraction of sp³-hybridized carbons (Fsp3) is 0.654. The Kier molecular flexibility index (Phi) is 18.1. The summed E-state index contributed by atoms with van der Waals surface area (Å²) in [5.41, 5.74) is 3.33. The van der Waals surface area contributed by atoms with Gasteiger partial charge in [-0.25, -0.2) is 9.59 Å². The molecule has 0 bridgehead atoms. The van der Waals surface area contributed by atoms with Crippen molar-refractivity contribution < 1.29 is 24.2 Å². The Balaban J connectivity index is 0. The van der Waals surface area contributed by atoms with Crippen molar-refractivity contribution in [1.82, 2.24) is 10.6 Å². The fourth-order valence-electron chi connectivity index (χ4n) is 2.61. The molecule has 0 heterocycles. The van der Waals surface area contributed by atoms with Crippen LogP contribution >= 0.6 is 11.8 Å². The van der Waals surface area contributed by atoms with Gasteiger partial charge in [0, 0.05) is 11.5 Å². The number of hydrogen-bond donors (Lipinski definition) is 3. The number of alkyl carbamates (subject to hydrolysis) is 1. The summed E-state index contributed by atoms with van der Waals surface area (Å²) in [4.78, 5) is 35.0. The number of thioether (sulfide) groups is 1. The van der Waals surface area contributed by atoms with Crippen LogP contribution in [-0.2, 0) is 14.3 Å². The first-order valence-electron chi connectivity index (χ1n) is 11.3. The van der Waals surface area contributed by atoms with E-state index in [0.29, 0.717) is 5.75 Å². The van der Waals surface area contributed by atoms with Crippen LogP contribution in [0.2, 0.25) is 0 Å². The van der Waals surface area contributed by atoms with Gasteiger partial charge in [0.25, 0.3) is 0 Å². The molecule has 8 heteroatoms. The van der Waals surface area contributed by atoms with E-state index in [0.717, 1.165) is 25.7 Å². The van der Waals surface area contributed by atoms with Crippen molar-refractivity contribution in [2.75, 3.05) is 18.1 Å². The number of carbonyl (C=O) groups excluding carboxylic acids is 2. The Labute approximate surface area is 210 Å². The zero-order valence-corrected chi connectivity index (χ0v) is 22.1. The van der Waals surface area contributed by atoms with E-state index < -0.39 is 29.6 Å². The average molecular weight is 499 g/mol. The van der Waals surface area contributed by atoms with Crippen LogP contribution in [0.25, 0.3) is 0 Å². The highest BCUT2D eigenvalue weighted by Gasteiger charge is 2.21. The topological polar surface area (TPSA) is 105 Å². The highest BCUT2D eigenvalue weighted by molar-refractivity contribution is 7.99. The van der Waals surface area contributed by atoms with E-state index in [4.69, 9.17) is 4.74 Å². The molecule has 0 aromatic rings. The number of carboxylic acids is 1. The molecule has 0 rings (SSSR count). The van der Waals surface area contributed by atoms with Crippen LogP contribution in [0.4, 0.5) is 4.79 Å². The summed E-state index contributed by atoms with van der Waals surface area (Å²) < 4.78 is 5.05. The second-order valence-electron chi connectivity index (χ2n) is 9.31. The minimum Gasteiger partial charge on any atom is -0.480 e. The van der Waals surface area contributed by atoms with Crippen LogP contribution in [0.3, 0.4) is 0 Å². The zero-order valence-electron chi connectivity index (χ0n) is 21.2. The van der Waals surface area contributed by atoms with Crippen molar-refractivity contribution in [3.63, 3.8) is 0 Å². The van der Waals surface area contributed by atoms with Gasteiger partial charge in [-0.1, -0.05) is 42.4 Å². The number of carboxylic acid groups (broad SMARTS) is 1. The smallest absolute Gasteiger partial charge is 0.408 e. The quantitative estimate of drug-likeness (QED) is 0.204. The minimum atomic E-state index is -1.11. The van der Waals surface area contributed by atoms with Crippen LogP contribution in [-0.4, -0.2) is 52.8 Å². The largest absolute Gasteiger partial charge is 0.480 e. The van der Waals surface area contributed by atoms with Crippen LogP contribution < -0.4 is 10.6 Å². The predicted octanol–water partition coefficient (Wildman–Crippen LogP) is 5.87. The first kappa shape index (κ1) is 34.0. The zero-order chi connectivity index (χ0) is 25.4. The maximum absolute atomic E-state index is 12.0. The number of nitrogens with one attached hydrogen (secondary N) is 2. The van der Waals surface area contributed by atoms with E-state index in [-0.39, 0.29) is 19.7 Å². The maximum Gasteiger partial charge on any atom is 0.408 e. The van der Waals surface area contributed by atoms with Crippen molar-refractivity contribution in [2.24, 2.45) is 0 Å². The molecule has 0 aromatic carbocycles. The lowest BCUT2D eigenvalue weighted by Gasteiger charge is -2.20. The molecule has 0 spiro atoms. The summed E-state index contributed by atoms with van der Waals surface area (Å²) in [6.07, 6.45) is 10.0. The summed E-state index contributed by atoms with van der Waals surface area (Å²) in [5, 5.41) is 14.1. The molecule has 0 saturated carbocycles. The van der Waals surface area contributed by atoms with Gasteiger partial charge < -0.3 is 20.5 Å². The number of allylic oxidation sites excluding steroid dienone is 5.